The van der Waals surface area contributed by atoms with Crippen LogP contribution >= 0.6 is 0 Å². The minimum Gasteiger partial charge on any atom is -0.632 e. The van der Waals surface area contributed by atoms with E-state index in [0.717, 1.165) is 5.56 Å². The quantitative estimate of drug-likeness (QED) is 0.659. The van der Waals surface area contributed by atoms with Gasteiger partial charge in [0.2, 0.25) is 0 Å². The van der Waals surface area contributed by atoms with Crippen molar-refractivity contribution in [3.05, 3.63) is 41.1 Å². The smallest absolute Gasteiger partial charge is 0.134 e. The number of likely N-dealkylation sites (N-methyl/N-ethyl adjacent to an activating group) is 1. The molecule has 0 radical (unpaired) electrons. The van der Waals surface area contributed by atoms with Gasteiger partial charge in [-0.15, -0.1) is 0 Å². The fraction of sp³-hybridized carbons (Fsp3) is 0.571. The number of rotatable bonds is 3. The molecular formula is C14H21NO3. The second-order valence-corrected chi connectivity index (χ2v) is 5.13. The number of hydrogen-bond acceptors (Lipinski definition) is 3. The molecule has 1 unspecified atom stereocenters. The fourth-order valence-corrected chi connectivity index (χ4v) is 2.61. The maximum atomic E-state index is 12.7. The van der Waals surface area contributed by atoms with Crippen molar-refractivity contribution in [2.45, 2.75) is 31.5 Å². The van der Waals surface area contributed by atoms with E-state index >= 15 is 0 Å². The summed E-state index contributed by atoms with van der Waals surface area (Å²) in [6.45, 7) is 2.37. The van der Waals surface area contributed by atoms with Gasteiger partial charge in [-0.05, 0) is 12.5 Å². The molecule has 1 aliphatic heterocycles. The van der Waals surface area contributed by atoms with Gasteiger partial charge in [-0.25, -0.2) is 0 Å². The lowest BCUT2D eigenvalue weighted by Gasteiger charge is -2.55. The van der Waals surface area contributed by atoms with E-state index in [2.05, 4.69) is 0 Å². The van der Waals surface area contributed by atoms with Crippen molar-refractivity contribution in [2.24, 2.45) is 0 Å². The maximum absolute atomic E-state index is 12.7. The number of morpholine rings is 1. The number of benzene rings is 1. The van der Waals surface area contributed by atoms with Gasteiger partial charge in [-0.3, -0.25) is 0 Å². The van der Waals surface area contributed by atoms with E-state index in [9.17, 15) is 5.21 Å². The topological polar surface area (TPSA) is 52.5 Å². The zero-order valence-corrected chi connectivity index (χ0v) is 11.0. The van der Waals surface area contributed by atoms with Crippen molar-refractivity contribution in [1.82, 2.24) is 0 Å². The Morgan fingerprint density at radius 3 is 2.67 bits per heavy atom. The first kappa shape index (κ1) is 13.5. The standard InChI is InChI=1S/C14H21NO3/c1-11-14(12-6-4-3-5-7-12)18-10-13(8-9-16)15(11,2)17/h3-7,11,13-14,16H,8-10H2,1-2H3/t11-,13-,14+,15?/m0/s1. The average molecular weight is 251 g/mol. The zero-order valence-electron chi connectivity index (χ0n) is 11.0. The van der Waals surface area contributed by atoms with E-state index in [1.165, 1.54) is 0 Å². The summed E-state index contributed by atoms with van der Waals surface area (Å²) in [6.07, 6.45) is 0.329. The number of quaternary nitrogens is 1. The van der Waals surface area contributed by atoms with Gasteiger partial charge in [0.25, 0.3) is 0 Å². The van der Waals surface area contributed by atoms with E-state index in [-0.39, 0.29) is 29.4 Å². The Hall–Kier alpha value is -0.940. The Balaban J connectivity index is 2.19. The molecule has 1 aromatic rings. The predicted octanol–water partition coefficient (Wildman–Crippen LogP) is 1.84. The number of ether oxygens (including phenoxy) is 1. The highest BCUT2D eigenvalue weighted by Crippen LogP contribution is 2.35. The third-order valence-electron chi connectivity index (χ3n) is 4.03. The minimum absolute atomic E-state index is 0.0346. The summed E-state index contributed by atoms with van der Waals surface area (Å²) in [6, 6.07) is 9.51. The van der Waals surface area contributed by atoms with Crippen molar-refractivity contribution in [3.63, 3.8) is 0 Å². The molecule has 18 heavy (non-hydrogen) atoms. The molecule has 0 aliphatic carbocycles. The summed E-state index contributed by atoms with van der Waals surface area (Å²) < 4.78 is 5.50. The lowest BCUT2D eigenvalue weighted by molar-refractivity contribution is -0.923. The summed E-state index contributed by atoms with van der Waals surface area (Å²) in [4.78, 5) is 0. The largest absolute Gasteiger partial charge is 0.632 e. The second kappa shape index (κ2) is 5.36. The molecule has 1 saturated heterocycles. The van der Waals surface area contributed by atoms with Gasteiger partial charge in [0.15, 0.2) is 0 Å². The summed E-state index contributed by atoms with van der Waals surface area (Å²) in [5.74, 6) is 0. The minimum atomic E-state index is -0.347. The van der Waals surface area contributed by atoms with Crippen LogP contribution in [-0.4, -0.2) is 42.1 Å². The number of hydroxylamine groups is 3. The van der Waals surface area contributed by atoms with Crippen molar-refractivity contribution >= 4 is 0 Å². The molecule has 1 fully saturated rings. The van der Waals surface area contributed by atoms with Gasteiger partial charge in [0.1, 0.15) is 24.8 Å². The first-order valence-corrected chi connectivity index (χ1v) is 6.41. The van der Waals surface area contributed by atoms with E-state index in [1.54, 1.807) is 7.05 Å². The van der Waals surface area contributed by atoms with Crippen LogP contribution in [0.25, 0.3) is 0 Å². The Morgan fingerprint density at radius 2 is 2.06 bits per heavy atom. The van der Waals surface area contributed by atoms with Gasteiger partial charge in [-0.2, -0.15) is 0 Å². The molecule has 0 aromatic heterocycles. The molecule has 1 heterocycles. The zero-order chi connectivity index (χ0) is 13.2. The van der Waals surface area contributed by atoms with Crippen LogP contribution in [0.15, 0.2) is 30.3 Å². The first-order chi connectivity index (χ1) is 8.57. The number of nitrogens with zero attached hydrogens (tertiary/aromatic N) is 1. The van der Waals surface area contributed by atoms with Crippen molar-refractivity contribution < 1.29 is 14.5 Å². The van der Waals surface area contributed by atoms with Gasteiger partial charge < -0.3 is 19.7 Å². The molecule has 0 bridgehead atoms. The van der Waals surface area contributed by atoms with E-state index < -0.39 is 0 Å². The lowest BCUT2D eigenvalue weighted by atomic mass is 9.97. The molecule has 0 amide bonds. The Labute approximate surface area is 108 Å². The van der Waals surface area contributed by atoms with Crippen LogP contribution < -0.4 is 0 Å². The molecule has 4 heteroatoms. The molecule has 1 N–H and O–H groups in total. The number of aliphatic hydroxyl groups excluding tert-OH is 1. The second-order valence-electron chi connectivity index (χ2n) is 5.13. The number of hydrogen-bond donors (Lipinski definition) is 1. The monoisotopic (exact) mass is 251 g/mol. The molecular weight excluding hydrogens is 230 g/mol. The summed E-state index contributed by atoms with van der Waals surface area (Å²) in [7, 11) is 1.68. The number of aliphatic hydroxyl groups is 1. The van der Waals surface area contributed by atoms with Crippen LogP contribution in [0.4, 0.5) is 0 Å². The van der Waals surface area contributed by atoms with E-state index in [0.29, 0.717) is 13.0 Å². The molecule has 2 rings (SSSR count). The third-order valence-corrected chi connectivity index (χ3v) is 4.03. The van der Waals surface area contributed by atoms with Crippen molar-refractivity contribution in [1.29, 1.82) is 0 Å². The molecule has 100 valence electrons. The van der Waals surface area contributed by atoms with Crippen LogP contribution in [0.5, 0.6) is 0 Å². The highest BCUT2D eigenvalue weighted by Gasteiger charge is 2.41. The van der Waals surface area contributed by atoms with Gasteiger partial charge in [0.05, 0.1) is 7.05 Å². The van der Waals surface area contributed by atoms with Crippen LogP contribution in [0.3, 0.4) is 0 Å². The molecule has 0 spiro atoms. The summed E-state index contributed by atoms with van der Waals surface area (Å²) in [5, 5.41) is 21.7. The van der Waals surface area contributed by atoms with Gasteiger partial charge in [-0.1, -0.05) is 30.3 Å². The Bertz CT molecular complexity index is 380. The summed E-state index contributed by atoms with van der Waals surface area (Å²) >= 11 is 0. The van der Waals surface area contributed by atoms with E-state index in [4.69, 9.17) is 9.84 Å². The third kappa shape index (κ3) is 2.42. The van der Waals surface area contributed by atoms with Crippen LogP contribution in [-0.2, 0) is 4.74 Å². The van der Waals surface area contributed by atoms with Crippen molar-refractivity contribution in [3.8, 4) is 0 Å². The average Bonchev–Trinajstić information content (AvgIpc) is 2.37. The van der Waals surface area contributed by atoms with Crippen molar-refractivity contribution in [2.75, 3.05) is 20.3 Å². The Morgan fingerprint density at radius 1 is 1.39 bits per heavy atom. The predicted molar refractivity (Wildman–Crippen MR) is 69.6 cm³/mol. The highest BCUT2D eigenvalue weighted by atomic mass is 16.6. The Kier molecular flexibility index (Phi) is 4.02. The normalized spacial score (nSPS) is 36.6. The first-order valence-electron chi connectivity index (χ1n) is 6.41. The molecule has 4 atom stereocenters. The molecule has 0 saturated carbocycles. The van der Waals surface area contributed by atoms with Crippen LogP contribution in [0, 0.1) is 5.21 Å². The molecule has 4 nitrogen and oxygen atoms in total. The SMILES string of the molecule is C[C@H]1[C@H](c2ccccc2)OC[C@H](CCO)[N+]1(C)[O-]. The van der Waals surface area contributed by atoms with E-state index in [1.807, 2.05) is 37.3 Å². The fourth-order valence-electron chi connectivity index (χ4n) is 2.61. The maximum Gasteiger partial charge on any atom is 0.134 e. The summed E-state index contributed by atoms with van der Waals surface area (Å²) in [5.41, 5.74) is 1.05. The highest BCUT2D eigenvalue weighted by molar-refractivity contribution is 5.19. The van der Waals surface area contributed by atoms with Gasteiger partial charge in [0, 0.05) is 13.0 Å². The van der Waals surface area contributed by atoms with Crippen LogP contribution in [0.1, 0.15) is 25.0 Å². The molecule has 1 aliphatic rings. The van der Waals surface area contributed by atoms with Gasteiger partial charge >= 0.3 is 0 Å². The van der Waals surface area contributed by atoms with Crippen LogP contribution in [0.2, 0.25) is 0 Å². The lowest BCUT2D eigenvalue weighted by Crippen LogP contribution is -2.61. The molecule has 1 aromatic carbocycles.